The smallest absolute Gasteiger partial charge is 0.202 e. The van der Waals surface area contributed by atoms with Crippen molar-refractivity contribution in [2.24, 2.45) is 22.7 Å². The van der Waals surface area contributed by atoms with Gasteiger partial charge in [0.15, 0.2) is 5.78 Å². The summed E-state index contributed by atoms with van der Waals surface area (Å²) in [6, 6.07) is 3.28. The summed E-state index contributed by atoms with van der Waals surface area (Å²) in [6.07, 6.45) is 5.89. The second kappa shape index (κ2) is 7.44. The number of halogens is 1. The molecule has 0 aliphatic heterocycles. The molecule has 1 aromatic rings. The Hall–Kier alpha value is -2.12. The van der Waals surface area contributed by atoms with Crippen LogP contribution in [0.25, 0.3) is 0 Å². The van der Waals surface area contributed by atoms with Crippen molar-refractivity contribution in [2.45, 2.75) is 76.2 Å². The predicted molar refractivity (Wildman–Crippen MR) is 118 cm³/mol. The third-order valence-electron chi connectivity index (χ3n) is 9.67. The minimum atomic E-state index is -1.89. The number of carbonyl (C=O) groups excluding carboxylic acids is 2. The van der Waals surface area contributed by atoms with Gasteiger partial charge in [-0.25, -0.2) is 4.39 Å². The maximum Gasteiger partial charge on any atom is 0.202 e. The molecule has 4 aliphatic carbocycles. The van der Waals surface area contributed by atoms with Crippen LogP contribution >= 0.6 is 0 Å². The number of ketones is 2. The number of nitrogens with zero attached hydrogens (tertiary/aromatic N) is 1. The van der Waals surface area contributed by atoms with E-state index in [0.29, 0.717) is 31.4 Å². The number of aromatic nitrogens is 1. The fourth-order valence-corrected chi connectivity index (χ4v) is 7.74. The molecule has 1 heterocycles. The summed E-state index contributed by atoms with van der Waals surface area (Å²) >= 11 is 0. The maximum absolute atomic E-state index is 17.1. The Morgan fingerprint density at radius 2 is 1.91 bits per heavy atom. The van der Waals surface area contributed by atoms with E-state index in [1.54, 1.807) is 30.6 Å². The minimum Gasteiger partial charge on any atom is -0.486 e. The lowest BCUT2D eigenvalue weighted by Gasteiger charge is -2.63. The van der Waals surface area contributed by atoms with Gasteiger partial charge in [0.2, 0.25) is 5.78 Å². The van der Waals surface area contributed by atoms with Crippen LogP contribution in [-0.2, 0) is 9.59 Å². The Morgan fingerprint density at radius 3 is 2.64 bits per heavy atom. The SMILES string of the molecule is CC12C[C@H](O)[C@@]3(F)C(CCC4=CC(=O)CCC43C)C1CC[C@]2(O)C(=O)COc1ccncc1. The highest BCUT2D eigenvalue weighted by atomic mass is 19.1. The Balaban J connectivity index is 1.44. The highest BCUT2D eigenvalue weighted by Gasteiger charge is 2.74. The lowest BCUT2D eigenvalue weighted by molar-refractivity contribution is -0.226. The largest absolute Gasteiger partial charge is 0.486 e. The van der Waals surface area contributed by atoms with Crippen molar-refractivity contribution in [1.29, 1.82) is 0 Å². The molecular weight excluding hydrogens is 425 g/mol. The molecule has 4 aliphatic rings. The van der Waals surface area contributed by atoms with Crippen LogP contribution in [0.4, 0.5) is 4.39 Å². The zero-order valence-corrected chi connectivity index (χ0v) is 19.2. The van der Waals surface area contributed by atoms with E-state index in [4.69, 9.17) is 4.74 Å². The third kappa shape index (κ3) is 2.94. The molecule has 2 N–H and O–H groups in total. The summed E-state index contributed by atoms with van der Waals surface area (Å²) in [5.74, 6) is -0.649. The molecule has 3 fully saturated rings. The van der Waals surface area contributed by atoms with Gasteiger partial charge in [0.25, 0.3) is 0 Å². The summed E-state index contributed by atoms with van der Waals surface area (Å²) in [5, 5.41) is 23.0. The van der Waals surface area contributed by atoms with Crippen LogP contribution in [0.2, 0.25) is 0 Å². The van der Waals surface area contributed by atoms with E-state index >= 15 is 4.39 Å². The monoisotopic (exact) mass is 457 g/mol. The molecule has 1 aromatic heterocycles. The van der Waals surface area contributed by atoms with E-state index in [1.807, 2.05) is 13.8 Å². The Kier molecular flexibility index (Phi) is 5.11. The highest BCUT2D eigenvalue weighted by molar-refractivity contribution is 5.92. The van der Waals surface area contributed by atoms with Crippen LogP contribution in [0.3, 0.4) is 0 Å². The van der Waals surface area contributed by atoms with Gasteiger partial charge in [-0.05, 0) is 62.7 Å². The van der Waals surface area contributed by atoms with Gasteiger partial charge < -0.3 is 14.9 Å². The van der Waals surface area contributed by atoms with E-state index in [0.717, 1.165) is 5.57 Å². The average Bonchev–Trinajstić information content (AvgIpc) is 3.06. The molecule has 0 radical (unpaired) electrons. The number of rotatable bonds is 4. The quantitative estimate of drug-likeness (QED) is 0.720. The standard InChI is InChI=1S/C26H32FNO5/c1-23-9-5-17(29)13-16(23)3-4-20-19-6-10-25(32,24(19,2)14-21(30)26(20,23)27)22(31)15-33-18-7-11-28-12-8-18/h7-8,11-13,19-21,30,32H,3-6,9-10,14-15H2,1-2H3/t19?,20?,21-,23?,24?,25-,26-/m0/s1. The molecule has 0 spiro atoms. The Labute approximate surface area is 193 Å². The molecule has 178 valence electrons. The summed E-state index contributed by atoms with van der Waals surface area (Å²) in [4.78, 5) is 29.2. The van der Waals surface area contributed by atoms with Gasteiger partial charge in [-0.15, -0.1) is 0 Å². The first-order valence-corrected chi connectivity index (χ1v) is 12.0. The summed E-state index contributed by atoms with van der Waals surface area (Å²) < 4.78 is 22.7. The zero-order chi connectivity index (χ0) is 23.6. The van der Waals surface area contributed by atoms with Crippen molar-refractivity contribution < 1.29 is 28.9 Å². The van der Waals surface area contributed by atoms with E-state index in [9.17, 15) is 19.8 Å². The molecule has 7 atom stereocenters. The Morgan fingerprint density at radius 1 is 1.18 bits per heavy atom. The summed E-state index contributed by atoms with van der Waals surface area (Å²) in [7, 11) is 0. The van der Waals surface area contributed by atoms with Gasteiger partial charge >= 0.3 is 0 Å². The molecule has 0 amide bonds. The normalized spacial score (nSPS) is 44.3. The first-order chi connectivity index (χ1) is 15.6. The molecule has 5 rings (SSSR count). The number of Topliss-reactive ketones (excluding diaryl/α,β-unsaturated/α-hetero) is 1. The van der Waals surface area contributed by atoms with Crippen molar-refractivity contribution in [2.75, 3.05) is 6.61 Å². The lowest BCUT2D eigenvalue weighted by atomic mass is 9.44. The third-order valence-corrected chi connectivity index (χ3v) is 9.67. The number of alkyl halides is 1. The van der Waals surface area contributed by atoms with Crippen molar-refractivity contribution in [3.63, 3.8) is 0 Å². The van der Waals surface area contributed by atoms with Gasteiger partial charge in [-0.2, -0.15) is 0 Å². The number of carbonyl (C=O) groups is 2. The number of pyridine rings is 1. The summed E-state index contributed by atoms with van der Waals surface area (Å²) in [6.45, 7) is 3.38. The number of hydrogen-bond acceptors (Lipinski definition) is 6. The number of hydrogen-bond donors (Lipinski definition) is 2. The van der Waals surface area contributed by atoms with Crippen LogP contribution < -0.4 is 4.74 Å². The van der Waals surface area contributed by atoms with Crippen LogP contribution in [-0.4, -0.2) is 50.7 Å². The van der Waals surface area contributed by atoms with E-state index in [2.05, 4.69) is 4.98 Å². The van der Waals surface area contributed by atoms with Gasteiger partial charge in [-0.3, -0.25) is 14.6 Å². The highest BCUT2D eigenvalue weighted by Crippen LogP contribution is 2.70. The fourth-order valence-electron chi connectivity index (χ4n) is 7.74. The second-order valence-corrected chi connectivity index (χ2v) is 10.9. The number of fused-ring (bicyclic) bond motifs is 5. The number of aliphatic hydroxyl groups is 2. The lowest BCUT2D eigenvalue weighted by Crippen LogP contribution is -2.69. The van der Waals surface area contributed by atoms with Crippen molar-refractivity contribution >= 4 is 11.6 Å². The van der Waals surface area contributed by atoms with Gasteiger partial charge in [0.1, 0.15) is 23.6 Å². The minimum absolute atomic E-state index is 0.00101. The average molecular weight is 458 g/mol. The van der Waals surface area contributed by atoms with Gasteiger partial charge in [0.05, 0.1) is 6.10 Å². The molecule has 0 bridgehead atoms. The molecule has 0 saturated heterocycles. The topological polar surface area (TPSA) is 96.7 Å². The number of allylic oxidation sites excluding steroid dienone is 1. The zero-order valence-electron chi connectivity index (χ0n) is 19.2. The first-order valence-electron chi connectivity index (χ1n) is 12.0. The number of aliphatic hydroxyl groups excluding tert-OH is 1. The van der Waals surface area contributed by atoms with Crippen LogP contribution in [0.1, 0.15) is 58.8 Å². The predicted octanol–water partition coefficient (Wildman–Crippen LogP) is 3.36. The molecule has 0 aromatic carbocycles. The maximum atomic E-state index is 17.1. The molecule has 6 nitrogen and oxygen atoms in total. The van der Waals surface area contributed by atoms with Crippen LogP contribution in [0.5, 0.6) is 5.75 Å². The van der Waals surface area contributed by atoms with Crippen LogP contribution in [0, 0.1) is 22.7 Å². The van der Waals surface area contributed by atoms with E-state index in [-0.39, 0.29) is 37.6 Å². The van der Waals surface area contributed by atoms with Gasteiger partial charge in [-0.1, -0.05) is 19.4 Å². The fraction of sp³-hybridized carbons (Fsp3) is 0.654. The Bertz CT molecular complexity index is 1010. The molecule has 3 saturated carbocycles. The molecule has 7 heteroatoms. The van der Waals surface area contributed by atoms with E-state index in [1.165, 1.54) is 0 Å². The van der Waals surface area contributed by atoms with Crippen LogP contribution in [0.15, 0.2) is 36.2 Å². The van der Waals surface area contributed by atoms with Crippen molar-refractivity contribution in [1.82, 2.24) is 4.98 Å². The van der Waals surface area contributed by atoms with Crippen molar-refractivity contribution in [3.8, 4) is 5.75 Å². The number of ether oxygens (including phenoxy) is 1. The molecule has 33 heavy (non-hydrogen) atoms. The van der Waals surface area contributed by atoms with E-state index < -0.39 is 39.9 Å². The molecule has 4 unspecified atom stereocenters. The van der Waals surface area contributed by atoms with Crippen molar-refractivity contribution in [3.05, 3.63) is 36.2 Å². The summed E-state index contributed by atoms with van der Waals surface area (Å²) in [5.41, 5.74) is -4.63. The van der Waals surface area contributed by atoms with Gasteiger partial charge in [0, 0.05) is 35.6 Å². The first kappa shape index (κ1) is 22.7. The molecular formula is C26H32FNO5. The second-order valence-electron chi connectivity index (χ2n) is 10.9.